The van der Waals surface area contributed by atoms with Crippen molar-refractivity contribution < 1.29 is 156 Å². The molecular formula is C23H27N4Na3O15P2. The van der Waals surface area contributed by atoms with Gasteiger partial charge in [-0.15, -0.1) is 0 Å². The van der Waals surface area contributed by atoms with E-state index in [9.17, 15) is 48.7 Å². The van der Waals surface area contributed by atoms with Crippen LogP contribution < -0.4 is 125 Å². The van der Waals surface area contributed by atoms with E-state index in [1.54, 1.807) is 18.2 Å². The molecule has 1 fully saturated rings. The summed E-state index contributed by atoms with van der Waals surface area (Å²) in [5.41, 5.74) is 4.46. The van der Waals surface area contributed by atoms with E-state index in [-0.39, 0.29) is 100 Å². The van der Waals surface area contributed by atoms with E-state index in [1.165, 1.54) is 18.2 Å². The third-order valence-electron chi connectivity index (χ3n) is 6.23. The molecule has 9 atom stereocenters. The maximum Gasteiger partial charge on any atom is 1.00 e. The van der Waals surface area contributed by atoms with Crippen molar-refractivity contribution >= 4 is 27.1 Å². The summed E-state index contributed by atoms with van der Waals surface area (Å²) in [5, 5.41) is 33.6. The van der Waals surface area contributed by atoms with E-state index >= 15 is 0 Å². The van der Waals surface area contributed by atoms with Gasteiger partial charge < -0.3 is 68.9 Å². The number of amides is 1. The third-order valence-corrected chi connectivity index (χ3v) is 8.27. The van der Waals surface area contributed by atoms with Crippen molar-refractivity contribution in [3.63, 3.8) is 0 Å². The molecule has 0 saturated carbocycles. The monoisotopic (exact) mass is 730 g/mol. The number of ether oxygens (including phenoxy) is 3. The van der Waals surface area contributed by atoms with Gasteiger partial charge in [0.25, 0.3) is 14.1 Å². The van der Waals surface area contributed by atoms with Gasteiger partial charge in [0.2, 0.25) is 5.91 Å². The second-order valence-corrected chi connectivity index (χ2v) is 12.4. The quantitative estimate of drug-likeness (QED) is 0.106. The predicted octanol–water partition coefficient (Wildman–Crippen LogP) is -12.6. The number of phosphoric acid groups is 1. The molecule has 2 aliphatic heterocycles. The summed E-state index contributed by atoms with van der Waals surface area (Å²) in [6, 6.07) is 7.55. The average molecular weight is 730 g/mol. The van der Waals surface area contributed by atoms with Gasteiger partial charge in [-0.2, -0.15) is 4.98 Å². The van der Waals surface area contributed by atoms with Crippen molar-refractivity contribution in [3.8, 4) is 5.75 Å². The van der Waals surface area contributed by atoms with Crippen LogP contribution in [-0.2, 0) is 32.4 Å². The minimum absolute atomic E-state index is 0. The zero-order chi connectivity index (χ0) is 32.4. The fourth-order valence-corrected chi connectivity index (χ4v) is 6.24. The predicted molar refractivity (Wildman–Crippen MR) is 139 cm³/mol. The molecule has 1 saturated heterocycles. The molecule has 24 heteroatoms. The minimum atomic E-state index is -6.05. The Morgan fingerprint density at radius 2 is 1.74 bits per heavy atom. The Kier molecular flexibility index (Phi) is 18.0. The summed E-state index contributed by atoms with van der Waals surface area (Å²) < 4.78 is 51.1. The maximum atomic E-state index is 12.7. The molecule has 19 nitrogen and oxygen atoms in total. The molecule has 2 unspecified atom stereocenters. The second kappa shape index (κ2) is 18.9. The van der Waals surface area contributed by atoms with Gasteiger partial charge in [-0.05, 0) is 31.9 Å². The van der Waals surface area contributed by atoms with Crippen LogP contribution in [0.4, 0.5) is 5.82 Å². The normalized spacial score (nSPS) is 27.3. The molecule has 2 aliphatic rings. The van der Waals surface area contributed by atoms with Gasteiger partial charge in [-0.1, -0.05) is 18.2 Å². The Bertz CT molecular complexity index is 1530. The number of rotatable bonds is 11. The number of hydrogen-bond donors (Lipinski definition) is 5. The number of benzene rings is 1. The molecule has 4 rings (SSSR count). The largest absolute Gasteiger partial charge is 1.00 e. The Morgan fingerprint density at radius 1 is 1.11 bits per heavy atom. The second-order valence-electron chi connectivity index (χ2n) is 9.53. The number of carbonyl (C=O) groups is 1. The van der Waals surface area contributed by atoms with Crippen LogP contribution in [-0.4, -0.2) is 80.0 Å². The van der Waals surface area contributed by atoms with Crippen LogP contribution in [0, 0.1) is 0 Å². The fourth-order valence-electron chi connectivity index (χ4n) is 4.24. The van der Waals surface area contributed by atoms with E-state index in [1.807, 2.05) is 0 Å². The molecule has 242 valence electrons. The molecule has 0 spiro atoms. The number of nitrogens with two attached hydrogens (primary N) is 1. The molecular weight excluding hydrogens is 703 g/mol. The van der Waals surface area contributed by atoms with Crippen LogP contribution in [0.2, 0.25) is 0 Å². The zero-order valence-electron chi connectivity index (χ0n) is 25.6. The van der Waals surface area contributed by atoms with Crippen LogP contribution in [0.25, 0.3) is 0 Å². The number of anilines is 1. The molecule has 2 aromatic rings. The van der Waals surface area contributed by atoms with Gasteiger partial charge in [0.1, 0.15) is 53.6 Å². The zero-order valence-corrected chi connectivity index (χ0v) is 33.3. The molecule has 6 N–H and O–H groups in total. The molecule has 47 heavy (non-hydrogen) atoms. The molecule has 0 radical (unpaired) electrons. The van der Waals surface area contributed by atoms with Crippen LogP contribution >= 0.6 is 15.4 Å². The van der Waals surface area contributed by atoms with E-state index in [2.05, 4.69) is 19.3 Å². The van der Waals surface area contributed by atoms with Gasteiger partial charge in [0.05, 0.1) is 6.61 Å². The number of para-hydroxylation sites is 1. The summed E-state index contributed by atoms with van der Waals surface area (Å²) in [7, 11) is -11.8. The standard InChI is InChI=1S/C23H30N4O15P2.3Na/c1-11(28)25-17-13(29)9-14(41-21(17)39-12-5-3-2-4-6-12)22(43(33,34)35)42-44(36,37)38-10-15-18(30)19(31)20(40-15)27-8-7-16(24)26-23(27)32;;;/h2-9,13,15,17-22,29-31H,10H2,1H3,(H,25,28)(H,36,37)(H2,24,26,32)(H2,33,34,35);;;/q;3*+1/p-3/t13-,15+,17+,18+,19+,20+,21+,22?;;;/m0.../s1. The summed E-state index contributed by atoms with van der Waals surface area (Å²) >= 11 is 0. The van der Waals surface area contributed by atoms with Crippen molar-refractivity contribution in [2.24, 2.45) is 0 Å². The molecule has 0 bridgehead atoms. The summed E-state index contributed by atoms with van der Waals surface area (Å²) in [6.45, 7) is 0.0390. The average Bonchev–Trinajstić information content (AvgIpc) is 3.21. The van der Waals surface area contributed by atoms with Gasteiger partial charge >= 0.3 is 94.4 Å². The first-order chi connectivity index (χ1) is 20.6. The van der Waals surface area contributed by atoms with E-state index in [4.69, 9.17) is 19.9 Å². The SMILES string of the molecule is CC(=O)N[C@H]1[C@H](Oc2ccccc2)OC(C(OP(=O)([O-])OC[C@H]2O[C@@H](n3ccc(N)nc3=O)[C@H](O)[C@@H]2O)P(=O)([O-])[O-])=C[C@@H]1O.[Na+].[Na+].[Na+]. The van der Waals surface area contributed by atoms with Crippen LogP contribution in [0.15, 0.2) is 59.2 Å². The molecule has 1 aromatic carbocycles. The maximum absolute atomic E-state index is 12.7. The van der Waals surface area contributed by atoms with Crippen molar-refractivity contribution in [1.82, 2.24) is 14.9 Å². The number of nitrogen functional groups attached to an aromatic ring is 1. The number of phosphoric ester groups is 1. The van der Waals surface area contributed by atoms with E-state index < -0.39 is 88.2 Å². The van der Waals surface area contributed by atoms with Crippen molar-refractivity contribution in [3.05, 3.63) is 64.9 Å². The first-order valence-corrected chi connectivity index (χ1v) is 15.7. The van der Waals surface area contributed by atoms with Crippen molar-refractivity contribution in [2.75, 3.05) is 12.3 Å². The third kappa shape index (κ3) is 11.9. The van der Waals surface area contributed by atoms with Gasteiger partial charge in [-0.3, -0.25) is 13.9 Å². The van der Waals surface area contributed by atoms with Crippen LogP contribution in [0.5, 0.6) is 5.75 Å². The van der Waals surface area contributed by atoms with Gasteiger partial charge in [0, 0.05) is 13.1 Å². The summed E-state index contributed by atoms with van der Waals surface area (Å²) in [4.78, 5) is 64.1. The fraction of sp³-hybridized carbons (Fsp3) is 0.435. The Morgan fingerprint density at radius 3 is 2.32 bits per heavy atom. The number of aliphatic hydroxyl groups excluding tert-OH is 3. The smallest absolute Gasteiger partial charge is 0.809 e. The molecule has 3 heterocycles. The Balaban J connectivity index is 0.00000368. The number of carbonyl (C=O) groups excluding carboxylic acids is 1. The van der Waals surface area contributed by atoms with E-state index in [0.717, 1.165) is 17.7 Å². The van der Waals surface area contributed by atoms with Crippen LogP contribution in [0.1, 0.15) is 13.2 Å². The van der Waals surface area contributed by atoms with Gasteiger partial charge in [0.15, 0.2) is 6.23 Å². The number of nitrogens with zero attached hydrogens (tertiary/aromatic N) is 2. The van der Waals surface area contributed by atoms with Gasteiger partial charge in [-0.25, -0.2) is 4.79 Å². The topological polar surface area (TPSA) is 300 Å². The molecule has 1 aromatic heterocycles. The first-order valence-electron chi connectivity index (χ1n) is 12.6. The van der Waals surface area contributed by atoms with Crippen LogP contribution in [0.3, 0.4) is 0 Å². The van der Waals surface area contributed by atoms with Crippen molar-refractivity contribution in [2.45, 2.75) is 55.7 Å². The number of hydrogen-bond acceptors (Lipinski definition) is 17. The molecule has 0 aliphatic carbocycles. The van der Waals surface area contributed by atoms with E-state index in [0.29, 0.717) is 6.08 Å². The first kappa shape index (κ1) is 44.8. The minimum Gasteiger partial charge on any atom is -0.809 e. The number of nitrogens with one attached hydrogen (secondary N) is 1. The Hall–Kier alpha value is -0.190. The number of aromatic nitrogens is 2. The summed E-state index contributed by atoms with van der Waals surface area (Å²) in [6.07, 6.45) is -8.41. The summed E-state index contributed by atoms with van der Waals surface area (Å²) in [5.74, 6) is -4.54. The van der Waals surface area contributed by atoms with Crippen molar-refractivity contribution in [1.29, 1.82) is 0 Å². The number of aliphatic hydroxyl groups is 3. The Labute approximate surface area is 333 Å². The molecule has 1 amide bonds.